The second-order valence-corrected chi connectivity index (χ2v) is 7.57. The van der Waals surface area contributed by atoms with Crippen molar-refractivity contribution in [3.8, 4) is 0 Å². The number of hydrogen-bond donors (Lipinski definition) is 1. The van der Waals surface area contributed by atoms with Crippen molar-refractivity contribution in [2.75, 3.05) is 26.7 Å². The average Bonchev–Trinajstić information content (AvgIpc) is 2.83. The molecule has 6 heteroatoms. The van der Waals surface area contributed by atoms with E-state index in [1.807, 2.05) is 24.1 Å². The van der Waals surface area contributed by atoms with Gasteiger partial charge in [0.2, 0.25) is 0 Å². The summed E-state index contributed by atoms with van der Waals surface area (Å²) in [4.78, 5) is 15.4. The third-order valence-corrected chi connectivity index (χ3v) is 5.97. The Morgan fingerprint density at radius 1 is 1.45 bits per heavy atom. The maximum absolute atomic E-state index is 12.8. The van der Waals surface area contributed by atoms with E-state index < -0.39 is 0 Å². The fourth-order valence-corrected chi connectivity index (χ4v) is 4.78. The number of benzene rings is 1. The third-order valence-electron chi connectivity index (χ3n) is 4.08. The number of carbonyl (C=O) groups is 1. The van der Waals surface area contributed by atoms with E-state index in [0.717, 1.165) is 36.1 Å². The van der Waals surface area contributed by atoms with Crippen LogP contribution < -0.4 is 5.32 Å². The Hall–Kier alpha value is -0.810. The van der Waals surface area contributed by atoms with Crippen molar-refractivity contribution in [2.45, 2.75) is 12.8 Å². The molecule has 1 saturated heterocycles. The Morgan fingerprint density at radius 3 is 3.05 bits per heavy atom. The lowest BCUT2D eigenvalue weighted by molar-refractivity contribution is 0.0679. The molecule has 22 heavy (non-hydrogen) atoms. The quantitative estimate of drug-likeness (QED) is 0.889. The minimum absolute atomic E-state index is 0.0446. The first-order chi connectivity index (χ1) is 10.6. The van der Waals surface area contributed by atoms with Crippen molar-refractivity contribution < 1.29 is 4.79 Å². The second kappa shape index (κ2) is 6.75. The van der Waals surface area contributed by atoms with Crippen molar-refractivity contribution in [1.82, 2.24) is 10.2 Å². The molecule has 1 fully saturated rings. The summed E-state index contributed by atoms with van der Waals surface area (Å²) in [6.45, 7) is 2.55. The number of likely N-dealkylation sites (tertiary alicyclic amines) is 1. The third kappa shape index (κ3) is 3.11. The van der Waals surface area contributed by atoms with Gasteiger partial charge in [-0.3, -0.25) is 4.79 Å². The summed E-state index contributed by atoms with van der Waals surface area (Å²) < 4.78 is 0.963. The summed E-state index contributed by atoms with van der Waals surface area (Å²) in [7, 11) is 1.95. The lowest BCUT2D eigenvalue weighted by Crippen LogP contribution is -2.42. The number of fused-ring (bicyclic) bond motifs is 1. The fraction of sp³-hybridized carbons (Fsp3) is 0.438. The SMILES string of the molecule is CNCC1CCCN(C(=O)c2sc3cc(Cl)ccc3c2Cl)C1. The molecule has 1 atom stereocenters. The van der Waals surface area contributed by atoms with Gasteiger partial charge in [0.15, 0.2) is 0 Å². The Balaban J connectivity index is 1.87. The van der Waals surface area contributed by atoms with Crippen LogP contribution in [0.2, 0.25) is 10.0 Å². The molecule has 0 aliphatic carbocycles. The van der Waals surface area contributed by atoms with Crippen LogP contribution in [0.5, 0.6) is 0 Å². The predicted molar refractivity (Wildman–Crippen MR) is 94.4 cm³/mol. The molecule has 3 rings (SSSR count). The zero-order chi connectivity index (χ0) is 15.7. The molecule has 2 heterocycles. The zero-order valence-corrected chi connectivity index (χ0v) is 14.7. The van der Waals surface area contributed by atoms with E-state index in [0.29, 0.717) is 20.8 Å². The van der Waals surface area contributed by atoms with Crippen molar-refractivity contribution in [3.05, 3.63) is 33.1 Å². The molecule has 1 unspecified atom stereocenters. The maximum atomic E-state index is 12.8. The van der Waals surface area contributed by atoms with Gasteiger partial charge in [-0.15, -0.1) is 11.3 Å². The summed E-state index contributed by atoms with van der Waals surface area (Å²) in [5.74, 6) is 0.563. The first-order valence-corrected chi connectivity index (χ1v) is 8.99. The van der Waals surface area contributed by atoms with Crippen LogP contribution in [0.15, 0.2) is 18.2 Å². The molecule has 1 aromatic carbocycles. The van der Waals surface area contributed by atoms with E-state index in [1.165, 1.54) is 17.8 Å². The van der Waals surface area contributed by atoms with Gasteiger partial charge in [-0.25, -0.2) is 0 Å². The van der Waals surface area contributed by atoms with Gasteiger partial charge in [-0.05, 0) is 44.5 Å². The summed E-state index contributed by atoms with van der Waals surface area (Å²) >= 11 is 13.9. The smallest absolute Gasteiger partial charge is 0.265 e. The number of halogens is 2. The number of piperidine rings is 1. The zero-order valence-electron chi connectivity index (χ0n) is 12.4. The highest BCUT2D eigenvalue weighted by molar-refractivity contribution is 7.21. The van der Waals surface area contributed by atoms with Crippen molar-refractivity contribution >= 4 is 50.5 Å². The van der Waals surface area contributed by atoms with Gasteiger partial charge in [0.25, 0.3) is 5.91 Å². The number of hydrogen-bond acceptors (Lipinski definition) is 3. The van der Waals surface area contributed by atoms with Gasteiger partial charge in [0.05, 0.1) is 5.02 Å². The van der Waals surface area contributed by atoms with Gasteiger partial charge in [0, 0.05) is 28.2 Å². The van der Waals surface area contributed by atoms with E-state index in [9.17, 15) is 4.79 Å². The number of amides is 1. The Morgan fingerprint density at radius 2 is 2.27 bits per heavy atom. The predicted octanol–water partition coefficient (Wildman–Crippen LogP) is 4.28. The van der Waals surface area contributed by atoms with E-state index in [2.05, 4.69) is 5.32 Å². The lowest BCUT2D eigenvalue weighted by atomic mass is 9.98. The van der Waals surface area contributed by atoms with Crippen LogP contribution in [0, 0.1) is 5.92 Å². The van der Waals surface area contributed by atoms with Crippen LogP contribution >= 0.6 is 34.5 Å². The summed E-state index contributed by atoms with van der Waals surface area (Å²) in [5.41, 5.74) is 0. The Labute approximate surface area is 144 Å². The minimum Gasteiger partial charge on any atom is -0.338 e. The number of nitrogens with zero attached hydrogens (tertiary/aromatic N) is 1. The van der Waals surface area contributed by atoms with Crippen LogP contribution in [0.1, 0.15) is 22.5 Å². The van der Waals surface area contributed by atoms with Gasteiger partial charge < -0.3 is 10.2 Å². The molecule has 0 bridgehead atoms. The topological polar surface area (TPSA) is 32.3 Å². The largest absolute Gasteiger partial charge is 0.338 e. The molecule has 1 aliphatic heterocycles. The van der Waals surface area contributed by atoms with Crippen molar-refractivity contribution in [1.29, 1.82) is 0 Å². The molecule has 1 N–H and O–H groups in total. The normalized spacial score (nSPS) is 18.9. The van der Waals surface area contributed by atoms with E-state index >= 15 is 0 Å². The highest BCUT2D eigenvalue weighted by atomic mass is 35.5. The second-order valence-electron chi connectivity index (χ2n) is 5.70. The van der Waals surface area contributed by atoms with Crippen molar-refractivity contribution in [3.63, 3.8) is 0 Å². The summed E-state index contributed by atoms with van der Waals surface area (Å²) in [6.07, 6.45) is 2.22. The lowest BCUT2D eigenvalue weighted by Gasteiger charge is -2.32. The van der Waals surface area contributed by atoms with E-state index in [-0.39, 0.29) is 5.91 Å². The monoisotopic (exact) mass is 356 g/mol. The molecule has 1 aliphatic rings. The molecule has 0 saturated carbocycles. The van der Waals surface area contributed by atoms with E-state index in [4.69, 9.17) is 23.2 Å². The van der Waals surface area contributed by atoms with Crippen LogP contribution in [0.3, 0.4) is 0 Å². The fourth-order valence-electron chi connectivity index (χ4n) is 3.02. The molecule has 1 aromatic heterocycles. The highest BCUT2D eigenvalue weighted by Gasteiger charge is 2.27. The molecule has 1 amide bonds. The van der Waals surface area contributed by atoms with Crippen LogP contribution in [0.25, 0.3) is 10.1 Å². The number of rotatable bonds is 3. The van der Waals surface area contributed by atoms with Crippen LogP contribution in [0.4, 0.5) is 0 Å². The minimum atomic E-state index is 0.0446. The first-order valence-electron chi connectivity index (χ1n) is 7.41. The Bertz CT molecular complexity index is 699. The molecule has 0 radical (unpaired) electrons. The highest BCUT2D eigenvalue weighted by Crippen LogP contribution is 2.37. The molecule has 2 aromatic rings. The molecular formula is C16H18Cl2N2OS. The van der Waals surface area contributed by atoms with Crippen LogP contribution in [-0.4, -0.2) is 37.5 Å². The average molecular weight is 357 g/mol. The van der Waals surface area contributed by atoms with E-state index in [1.54, 1.807) is 6.07 Å². The van der Waals surface area contributed by atoms with Gasteiger partial charge in [-0.2, -0.15) is 0 Å². The van der Waals surface area contributed by atoms with Gasteiger partial charge >= 0.3 is 0 Å². The molecule has 0 spiro atoms. The van der Waals surface area contributed by atoms with Gasteiger partial charge in [0.1, 0.15) is 4.88 Å². The Kier molecular flexibility index (Phi) is 4.93. The molecule has 3 nitrogen and oxygen atoms in total. The standard InChI is InChI=1S/C16H18Cl2N2OS/c1-19-8-10-3-2-6-20(9-10)16(21)15-14(18)12-5-4-11(17)7-13(12)22-15/h4-5,7,10,19H,2-3,6,8-9H2,1H3. The number of carbonyl (C=O) groups excluding carboxylic acids is 1. The first kappa shape index (κ1) is 16.1. The number of thiophene rings is 1. The molecule has 118 valence electrons. The molecular weight excluding hydrogens is 339 g/mol. The van der Waals surface area contributed by atoms with Crippen LogP contribution in [-0.2, 0) is 0 Å². The van der Waals surface area contributed by atoms with Crippen molar-refractivity contribution in [2.24, 2.45) is 5.92 Å². The maximum Gasteiger partial charge on any atom is 0.265 e. The summed E-state index contributed by atoms with van der Waals surface area (Å²) in [6, 6.07) is 5.55. The summed E-state index contributed by atoms with van der Waals surface area (Å²) in [5, 5.41) is 5.32. The van der Waals surface area contributed by atoms with Gasteiger partial charge in [-0.1, -0.05) is 29.3 Å². The number of nitrogens with one attached hydrogen (secondary N) is 1.